The van der Waals surface area contributed by atoms with Gasteiger partial charge in [0.2, 0.25) is 0 Å². The zero-order valence-electron chi connectivity index (χ0n) is 42.6. The third-order valence-electron chi connectivity index (χ3n) is 15.9. The van der Waals surface area contributed by atoms with Gasteiger partial charge in [-0.25, -0.2) is 0 Å². The van der Waals surface area contributed by atoms with Gasteiger partial charge in [-0.3, -0.25) is 0 Å². The molecule has 2 aliphatic carbocycles. The standard InChI is InChI=1S/C75H49NS2/c1-7-21-50(22-8-1)52-35-42-60(43-36-52)76(61-44-37-53(38-45-61)51-23-9-2-10-24-51)62-46-39-54(40-47-62)59-41-48-64-66(49-59)75(70-68(64)72(56-27-13-4-14-28-56)78-74(70)58-31-17-6-18-32-58)65-34-20-19-33-63(65)67-69(75)73(57-29-15-5-16-30-57)77-71(67)55-25-11-3-12-26-55/h1-49H. The molecule has 78 heavy (non-hydrogen) atoms. The van der Waals surface area contributed by atoms with Gasteiger partial charge in [-0.15, -0.1) is 22.7 Å². The van der Waals surface area contributed by atoms with Crippen molar-refractivity contribution in [1.29, 1.82) is 0 Å². The molecule has 1 unspecified atom stereocenters. The van der Waals surface area contributed by atoms with Gasteiger partial charge in [-0.05, 0) is 131 Å². The maximum absolute atomic E-state index is 2.56. The molecule has 2 aromatic heterocycles. The minimum absolute atomic E-state index is 0.648. The molecule has 11 aromatic carbocycles. The molecule has 2 heterocycles. The van der Waals surface area contributed by atoms with Gasteiger partial charge in [0.25, 0.3) is 0 Å². The van der Waals surface area contributed by atoms with Crippen LogP contribution in [0.3, 0.4) is 0 Å². The zero-order chi connectivity index (χ0) is 51.6. The first-order valence-electron chi connectivity index (χ1n) is 26.7. The summed E-state index contributed by atoms with van der Waals surface area (Å²) < 4.78 is 0. The second-order valence-corrected chi connectivity index (χ2v) is 22.3. The van der Waals surface area contributed by atoms with Gasteiger partial charge in [0, 0.05) is 47.7 Å². The molecular weight excluding hydrogens is 979 g/mol. The summed E-state index contributed by atoms with van der Waals surface area (Å²) in [4.78, 5) is 7.62. The van der Waals surface area contributed by atoms with Crippen molar-refractivity contribution in [2.24, 2.45) is 0 Å². The molecule has 0 saturated heterocycles. The van der Waals surface area contributed by atoms with Crippen LogP contribution in [0.15, 0.2) is 297 Å². The lowest BCUT2D eigenvalue weighted by atomic mass is 9.69. The lowest BCUT2D eigenvalue weighted by Gasteiger charge is -2.32. The minimum atomic E-state index is -0.648. The van der Waals surface area contributed by atoms with Crippen molar-refractivity contribution in [2.45, 2.75) is 5.41 Å². The van der Waals surface area contributed by atoms with Crippen LogP contribution in [-0.2, 0) is 5.41 Å². The number of hydrogen-bond acceptors (Lipinski definition) is 3. The van der Waals surface area contributed by atoms with Crippen LogP contribution in [0.1, 0.15) is 22.3 Å². The first kappa shape index (κ1) is 46.0. The van der Waals surface area contributed by atoms with Gasteiger partial charge in [0.1, 0.15) is 0 Å². The SMILES string of the molecule is c1ccc(-c2ccc(N(c3ccc(-c4ccccc4)cc3)c3ccc(-c4ccc5c(c4)C4(c6ccccc6-c6c(-c7ccccc7)sc(-c7ccccc7)c64)c4c(-c6ccccc6)sc(-c6ccccc6)c4-5)cc3)cc2)cc1. The van der Waals surface area contributed by atoms with E-state index in [1.807, 2.05) is 22.7 Å². The largest absolute Gasteiger partial charge is 0.311 e. The molecule has 1 nitrogen and oxygen atoms in total. The lowest BCUT2D eigenvalue weighted by molar-refractivity contribution is 0.804. The smallest absolute Gasteiger partial charge is 0.0754 e. The Morgan fingerprint density at radius 2 is 0.526 bits per heavy atom. The molecule has 2 aliphatic rings. The van der Waals surface area contributed by atoms with Crippen LogP contribution in [0.5, 0.6) is 0 Å². The molecule has 13 aromatic rings. The van der Waals surface area contributed by atoms with E-state index in [-0.39, 0.29) is 0 Å². The van der Waals surface area contributed by atoms with Crippen LogP contribution in [0.2, 0.25) is 0 Å². The highest BCUT2D eigenvalue weighted by Gasteiger charge is 2.57. The maximum Gasteiger partial charge on any atom is 0.0754 e. The van der Waals surface area contributed by atoms with Gasteiger partial charge >= 0.3 is 0 Å². The third kappa shape index (κ3) is 7.42. The van der Waals surface area contributed by atoms with Crippen molar-refractivity contribution >= 4 is 39.7 Å². The Balaban J connectivity index is 0.946. The first-order chi connectivity index (χ1) is 38.7. The molecule has 0 saturated carbocycles. The number of benzene rings is 11. The van der Waals surface area contributed by atoms with Crippen molar-refractivity contribution in [2.75, 3.05) is 4.90 Å². The molecule has 0 aliphatic heterocycles. The van der Waals surface area contributed by atoms with Crippen molar-refractivity contribution in [1.82, 2.24) is 0 Å². The van der Waals surface area contributed by atoms with Gasteiger partial charge in [0.15, 0.2) is 0 Å². The van der Waals surface area contributed by atoms with E-state index in [4.69, 9.17) is 0 Å². The lowest BCUT2D eigenvalue weighted by Crippen LogP contribution is -2.26. The average Bonchev–Trinajstić information content (AvgIpc) is 2.17. The predicted octanol–water partition coefficient (Wildman–Crippen LogP) is 21.3. The summed E-state index contributed by atoms with van der Waals surface area (Å²) in [5.41, 5.74) is 25.4. The van der Waals surface area contributed by atoms with Gasteiger partial charge in [0.05, 0.1) is 5.41 Å². The molecule has 1 spiro atoms. The Morgan fingerprint density at radius 1 is 0.231 bits per heavy atom. The van der Waals surface area contributed by atoms with E-state index in [1.165, 1.54) is 120 Å². The summed E-state index contributed by atoms with van der Waals surface area (Å²) in [7, 11) is 0. The van der Waals surface area contributed by atoms with E-state index >= 15 is 0 Å². The summed E-state index contributed by atoms with van der Waals surface area (Å²) in [6.07, 6.45) is 0. The van der Waals surface area contributed by atoms with E-state index in [0.29, 0.717) is 0 Å². The molecular formula is C75H49NS2. The van der Waals surface area contributed by atoms with Crippen molar-refractivity contribution < 1.29 is 0 Å². The zero-order valence-corrected chi connectivity index (χ0v) is 44.2. The molecule has 0 fully saturated rings. The number of anilines is 3. The van der Waals surface area contributed by atoms with E-state index in [0.717, 1.165) is 17.1 Å². The van der Waals surface area contributed by atoms with Crippen molar-refractivity contribution in [3.63, 3.8) is 0 Å². The summed E-state index contributed by atoms with van der Waals surface area (Å²) in [6.45, 7) is 0. The van der Waals surface area contributed by atoms with Gasteiger partial charge < -0.3 is 4.90 Å². The summed E-state index contributed by atoms with van der Waals surface area (Å²) in [5, 5.41) is 0. The van der Waals surface area contributed by atoms with Crippen molar-refractivity contribution in [3.05, 3.63) is 320 Å². The van der Waals surface area contributed by atoms with Gasteiger partial charge in [-0.1, -0.05) is 255 Å². The summed E-state index contributed by atoms with van der Waals surface area (Å²) in [6, 6.07) is 110. The molecule has 0 radical (unpaired) electrons. The van der Waals surface area contributed by atoms with E-state index < -0.39 is 5.41 Å². The van der Waals surface area contributed by atoms with Crippen molar-refractivity contribution in [3.8, 4) is 97.4 Å². The fourth-order valence-electron chi connectivity index (χ4n) is 12.5. The Hall–Kier alpha value is -9.38. The highest BCUT2D eigenvalue weighted by atomic mass is 32.1. The molecule has 15 rings (SSSR count). The average molecular weight is 1030 g/mol. The predicted molar refractivity (Wildman–Crippen MR) is 331 cm³/mol. The second kappa shape index (κ2) is 19.0. The van der Waals surface area contributed by atoms with Crippen LogP contribution in [0.4, 0.5) is 17.1 Å². The Labute approximate surface area is 464 Å². The Kier molecular flexibility index (Phi) is 11.2. The molecule has 0 bridgehead atoms. The summed E-state index contributed by atoms with van der Waals surface area (Å²) >= 11 is 3.89. The van der Waals surface area contributed by atoms with Crippen LogP contribution in [0, 0.1) is 0 Å². The Morgan fingerprint density at radius 3 is 0.923 bits per heavy atom. The van der Waals surface area contributed by atoms with Crippen LogP contribution in [0.25, 0.3) is 97.4 Å². The highest BCUT2D eigenvalue weighted by Crippen LogP contribution is 2.72. The number of hydrogen-bond donors (Lipinski definition) is 0. The normalized spacial score (nSPS) is 13.7. The van der Waals surface area contributed by atoms with Crippen LogP contribution < -0.4 is 4.90 Å². The summed E-state index contributed by atoms with van der Waals surface area (Å²) in [5.74, 6) is 0. The minimum Gasteiger partial charge on any atom is -0.311 e. The topological polar surface area (TPSA) is 3.24 Å². The number of rotatable bonds is 10. The number of nitrogens with zero attached hydrogens (tertiary/aromatic N) is 1. The fourth-order valence-corrected chi connectivity index (χ4v) is 15.2. The number of fused-ring (bicyclic) bond motifs is 10. The van der Waals surface area contributed by atoms with E-state index in [1.54, 1.807) is 0 Å². The van der Waals surface area contributed by atoms with Crippen LogP contribution >= 0.6 is 22.7 Å². The fraction of sp³-hybridized carbons (Fsp3) is 0.0133. The van der Waals surface area contributed by atoms with Crippen LogP contribution in [-0.4, -0.2) is 0 Å². The first-order valence-corrected chi connectivity index (χ1v) is 28.4. The Bertz CT molecular complexity index is 4170. The molecule has 1 atom stereocenters. The van der Waals surface area contributed by atoms with E-state index in [9.17, 15) is 0 Å². The molecule has 0 N–H and O–H groups in total. The maximum atomic E-state index is 2.56. The highest BCUT2D eigenvalue weighted by molar-refractivity contribution is 7.20. The molecule has 0 amide bonds. The molecule has 366 valence electrons. The van der Waals surface area contributed by atoms with Gasteiger partial charge in [-0.2, -0.15) is 0 Å². The quantitative estimate of drug-likeness (QED) is 0.132. The number of thiophene rings is 2. The molecule has 3 heteroatoms. The third-order valence-corrected chi connectivity index (χ3v) is 18.5. The monoisotopic (exact) mass is 1030 g/mol. The second-order valence-electron chi connectivity index (χ2n) is 20.2. The van der Waals surface area contributed by atoms with E-state index in [2.05, 4.69) is 302 Å².